The van der Waals surface area contributed by atoms with Crippen LogP contribution in [-0.4, -0.2) is 29.3 Å². The molecular weight excluding hydrogens is 180 g/mol. The van der Waals surface area contributed by atoms with Crippen molar-refractivity contribution in [2.75, 3.05) is 13.2 Å². The Kier molecular flexibility index (Phi) is 2.63. The minimum atomic E-state index is 0.399. The number of aromatic nitrogens is 2. The molecule has 0 aliphatic carbocycles. The van der Waals surface area contributed by atoms with Gasteiger partial charge in [-0.25, -0.2) is 0 Å². The molecule has 0 unspecified atom stereocenters. The molecule has 4 nitrogen and oxygen atoms in total. The number of carbonyl (C=O) groups is 1. The molecule has 14 heavy (non-hydrogen) atoms. The van der Waals surface area contributed by atoms with Gasteiger partial charge in [-0.15, -0.1) is 0 Å². The van der Waals surface area contributed by atoms with E-state index in [1.807, 2.05) is 17.8 Å². The van der Waals surface area contributed by atoms with Gasteiger partial charge < -0.3 is 4.74 Å². The van der Waals surface area contributed by atoms with Gasteiger partial charge in [-0.05, 0) is 19.8 Å². The molecule has 0 saturated carbocycles. The Morgan fingerprint density at radius 3 is 2.86 bits per heavy atom. The summed E-state index contributed by atoms with van der Waals surface area (Å²) in [5.41, 5.74) is 1.50. The van der Waals surface area contributed by atoms with E-state index in [2.05, 4.69) is 5.10 Å². The van der Waals surface area contributed by atoms with Crippen LogP contribution in [0.1, 0.15) is 34.9 Å². The number of aryl methyl sites for hydroxylation is 1. The first-order chi connectivity index (χ1) is 6.81. The lowest BCUT2D eigenvalue weighted by molar-refractivity contribution is 0.0661. The standard InChI is InChI=1S/C10H14N2O2/c1-8-9(7-13)6-12(11-8)10-2-4-14-5-3-10/h6-7,10H,2-5H2,1H3. The summed E-state index contributed by atoms with van der Waals surface area (Å²) in [6, 6.07) is 0.399. The molecule has 1 aliphatic rings. The molecule has 1 aromatic rings. The van der Waals surface area contributed by atoms with E-state index in [0.29, 0.717) is 11.6 Å². The van der Waals surface area contributed by atoms with Crippen LogP contribution in [0.3, 0.4) is 0 Å². The summed E-state index contributed by atoms with van der Waals surface area (Å²) in [5.74, 6) is 0. The van der Waals surface area contributed by atoms with Crippen molar-refractivity contribution < 1.29 is 9.53 Å². The van der Waals surface area contributed by atoms with Gasteiger partial charge in [-0.1, -0.05) is 0 Å². The number of rotatable bonds is 2. The van der Waals surface area contributed by atoms with Crippen LogP contribution in [0.5, 0.6) is 0 Å². The van der Waals surface area contributed by atoms with E-state index in [4.69, 9.17) is 4.74 Å². The molecule has 1 aromatic heterocycles. The molecule has 0 radical (unpaired) electrons. The van der Waals surface area contributed by atoms with Crippen LogP contribution in [0.15, 0.2) is 6.20 Å². The zero-order valence-corrected chi connectivity index (χ0v) is 8.27. The highest BCUT2D eigenvalue weighted by Gasteiger charge is 2.17. The summed E-state index contributed by atoms with van der Waals surface area (Å²) in [5, 5.41) is 4.34. The van der Waals surface area contributed by atoms with Gasteiger partial charge in [0.25, 0.3) is 0 Å². The number of nitrogens with zero attached hydrogens (tertiary/aromatic N) is 2. The summed E-state index contributed by atoms with van der Waals surface area (Å²) < 4.78 is 7.18. The molecule has 0 bridgehead atoms. The number of aldehydes is 1. The fourth-order valence-corrected chi connectivity index (χ4v) is 1.75. The molecule has 0 amide bonds. The topological polar surface area (TPSA) is 44.1 Å². The Balaban J connectivity index is 2.18. The quantitative estimate of drug-likeness (QED) is 0.667. The SMILES string of the molecule is Cc1nn(C2CCOCC2)cc1C=O. The normalized spacial score (nSPS) is 18.4. The average Bonchev–Trinajstić information content (AvgIpc) is 2.61. The van der Waals surface area contributed by atoms with Crippen LogP contribution >= 0.6 is 0 Å². The second kappa shape index (κ2) is 3.92. The van der Waals surface area contributed by atoms with Gasteiger partial charge >= 0.3 is 0 Å². The number of hydrogen-bond acceptors (Lipinski definition) is 3. The lowest BCUT2D eigenvalue weighted by Gasteiger charge is -2.22. The molecule has 1 aliphatic heterocycles. The molecule has 1 fully saturated rings. The van der Waals surface area contributed by atoms with Gasteiger partial charge in [0.1, 0.15) is 0 Å². The Bertz CT molecular complexity index is 327. The summed E-state index contributed by atoms with van der Waals surface area (Å²) in [6.07, 6.45) is 4.66. The van der Waals surface area contributed by atoms with Gasteiger partial charge in [-0.2, -0.15) is 5.10 Å². The largest absolute Gasteiger partial charge is 0.381 e. The van der Waals surface area contributed by atoms with E-state index >= 15 is 0 Å². The summed E-state index contributed by atoms with van der Waals surface area (Å²) in [4.78, 5) is 10.6. The van der Waals surface area contributed by atoms with Crippen LogP contribution < -0.4 is 0 Å². The maximum atomic E-state index is 10.6. The van der Waals surface area contributed by atoms with Crippen molar-refractivity contribution in [3.63, 3.8) is 0 Å². The first-order valence-corrected chi connectivity index (χ1v) is 4.90. The van der Waals surface area contributed by atoms with Gasteiger partial charge in [0.15, 0.2) is 6.29 Å². The second-order valence-corrected chi connectivity index (χ2v) is 3.61. The number of ether oxygens (including phenoxy) is 1. The van der Waals surface area contributed by atoms with Gasteiger partial charge in [-0.3, -0.25) is 9.48 Å². The smallest absolute Gasteiger partial charge is 0.153 e. The first-order valence-electron chi connectivity index (χ1n) is 4.90. The van der Waals surface area contributed by atoms with Crippen LogP contribution in [-0.2, 0) is 4.74 Å². The summed E-state index contributed by atoms with van der Waals surface area (Å²) in [7, 11) is 0. The van der Waals surface area contributed by atoms with Crippen molar-refractivity contribution in [1.29, 1.82) is 0 Å². The van der Waals surface area contributed by atoms with Crippen molar-refractivity contribution in [2.45, 2.75) is 25.8 Å². The van der Waals surface area contributed by atoms with E-state index in [1.165, 1.54) is 0 Å². The third kappa shape index (κ3) is 1.70. The van der Waals surface area contributed by atoms with Crippen LogP contribution in [0.25, 0.3) is 0 Å². The van der Waals surface area contributed by atoms with E-state index in [-0.39, 0.29) is 0 Å². The van der Waals surface area contributed by atoms with E-state index in [0.717, 1.165) is 38.0 Å². The van der Waals surface area contributed by atoms with Crippen LogP contribution in [0, 0.1) is 6.92 Å². The molecule has 4 heteroatoms. The molecule has 0 aromatic carbocycles. The molecular formula is C10H14N2O2. The maximum absolute atomic E-state index is 10.6. The predicted molar refractivity (Wildman–Crippen MR) is 51.4 cm³/mol. The number of carbonyl (C=O) groups excluding carboxylic acids is 1. The van der Waals surface area contributed by atoms with Crippen LogP contribution in [0.4, 0.5) is 0 Å². The minimum absolute atomic E-state index is 0.399. The number of hydrogen-bond donors (Lipinski definition) is 0. The Morgan fingerprint density at radius 1 is 1.57 bits per heavy atom. The van der Waals surface area contributed by atoms with Crippen LogP contribution in [0.2, 0.25) is 0 Å². The summed E-state index contributed by atoms with van der Waals surface area (Å²) >= 11 is 0. The molecule has 2 heterocycles. The first kappa shape index (κ1) is 9.40. The molecule has 1 saturated heterocycles. The molecule has 0 atom stereocenters. The fourth-order valence-electron chi connectivity index (χ4n) is 1.75. The molecule has 2 rings (SSSR count). The third-order valence-electron chi connectivity index (χ3n) is 2.65. The molecule has 0 N–H and O–H groups in total. The van der Waals surface area contributed by atoms with Crippen molar-refractivity contribution in [2.24, 2.45) is 0 Å². The average molecular weight is 194 g/mol. The van der Waals surface area contributed by atoms with Crippen molar-refractivity contribution in [1.82, 2.24) is 9.78 Å². The second-order valence-electron chi connectivity index (χ2n) is 3.61. The Labute approximate surface area is 82.9 Å². The van der Waals surface area contributed by atoms with E-state index in [9.17, 15) is 4.79 Å². The lowest BCUT2D eigenvalue weighted by Crippen LogP contribution is -2.19. The van der Waals surface area contributed by atoms with Gasteiger partial charge in [0.05, 0.1) is 17.3 Å². The highest BCUT2D eigenvalue weighted by Crippen LogP contribution is 2.20. The van der Waals surface area contributed by atoms with E-state index in [1.54, 1.807) is 0 Å². The molecule has 0 spiro atoms. The highest BCUT2D eigenvalue weighted by molar-refractivity contribution is 5.75. The zero-order chi connectivity index (χ0) is 9.97. The van der Waals surface area contributed by atoms with Crippen molar-refractivity contribution in [3.8, 4) is 0 Å². The van der Waals surface area contributed by atoms with Crippen molar-refractivity contribution >= 4 is 6.29 Å². The van der Waals surface area contributed by atoms with Crippen molar-refractivity contribution in [3.05, 3.63) is 17.5 Å². The molecule has 76 valence electrons. The fraction of sp³-hybridized carbons (Fsp3) is 0.600. The van der Waals surface area contributed by atoms with Gasteiger partial charge in [0, 0.05) is 19.4 Å². The van der Waals surface area contributed by atoms with E-state index < -0.39 is 0 Å². The third-order valence-corrected chi connectivity index (χ3v) is 2.65. The summed E-state index contributed by atoms with van der Waals surface area (Å²) in [6.45, 7) is 3.44. The minimum Gasteiger partial charge on any atom is -0.381 e. The predicted octanol–water partition coefficient (Wildman–Crippen LogP) is 1.36. The van der Waals surface area contributed by atoms with Gasteiger partial charge in [0.2, 0.25) is 0 Å². The Morgan fingerprint density at radius 2 is 2.29 bits per heavy atom. The lowest BCUT2D eigenvalue weighted by atomic mass is 10.1. The maximum Gasteiger partial charge on any atom is 0.153 e. The monoisotopic (exact) mass is 194 g/mol. The highest BCUT2D eigenvalue weighted by atomic mass is 16.5. The zero-order valence-electron chi connectivity index (χ0n) is 8.27. The Hall–Kier alpha value is -1.16.